The highest BCUT2D eigenvalue weighted by atomic mass is 16.5. The van der Waals surface area contributed by atoms with Crippen molar-refractivity contribution < 1.29 is 9.47 Å². The fourth-order valence-corrected chi connectivity index (χ4v) is 2.56. The Morgan fingerprint density at radius 3 is 2.35 bits per heavy atom. The molecule has 0 aliphatic carbocycles. The van der Waals surface area contributed by atoms with Crippen LogP contribution >= 0.6 is 0 Å². The summed E-state index contributed by atoms with van der Waals surface area (Å²) in [6, 6.07) is 6.03. The third-order valence-corrected chi connectivity index (χ3v) is 3.97. The lowest BCUT2D eigenvalue weighted by atomic mass is 9.89. The van der Waals surface area contributed by atoms with Gasteiger partial charge in [0, 0.05) is 6.04 Å². The van der Waals surface area contributed by atoms with E-state index in [4.69, 9.17) is 15.2 Å². The van der Waals surface area contributed by atoms with Crippen LogP contribution in [0.3, 0.4) is 0 Å². The minimum Gasteiger partial charge on any atom is -0.493 e. The van der Waals surface area contributed by atoms with Gasteiger partial charge in [0.2, 0.25) is 0 Å². The molecule has 0 heterocycles. The van der Waals surface area contributed by atoms with Gasteiger partial charge >= 0.3 is 0 Å². The molecule has 0 aliphatic rings. The number of methoxy groups -OCH3 is 2. The third kappa shape index (κ3) is 4.71. The van der Waals surface area contributed by atoms with Gasteiger partial charge in [-0.25, -0.2) is 0 Å². The first-order valence-corrected chi connectivity index (χ1v) is 7.63. The molecule has 1 rings (SSSR count). The minimum atomic E-state index is 0.0663. The monoisotopic (exact) mass is 279 g/mol. The van der Waals surface area contributed by atoms with Crippen molar-refractivity contribution in [1.82, 2.24) is 0 Å². The molecule has 2 N–H and O–H groups in total. The van der Waals surface area contributed by atoms with E-state index in [1.807, 2.05) is 18.2 Å². The topological polar surface area (TPSA) is 44.5 Å². The molecule has 1 aromatic carbocycles. The van der Waals surface area contributed by atoms with Crippen LogP contribution in [0.15, 0.2) is 18.2 Å². The highest BCUT2D eigenvalue weighted by molar-refractivity contribution is 5.43. The van der Waals surface area contributed by atoms with Crippen molar-refractivity contribution in [3.63, 3.8) is 0 Å². The normalized spacial score (nSPS) is 13.8. The van der Waals surface area contributed by atoms with Crippen molar-refractivity contribution in [1.29, 1.82) is 0 Å². The standard InChI is InChI=1S/C17H29NO2/c1-5-7-8-13(6-2)11-15(18)14-9-10-16(19-3)17(12-14)20-4/h9-10,12-13,15H,5-8,11,18H2,1-4H3. The molecule has 0 radical (unpaired) electrons. The van der Waals surface area contributed by atoms with Gasteiger partial charge in [-0.2, -0.15) is 0 Å². The number of hydrogen-bond acceptors (Lipinski definition) is 3. The van der Waals surface area contributed by atoms with Crippen LogP contribution < -0.4 is 15.2 Å². The van der Waals surface area contributed by atoms with E-state index in [1.165, 1.54) is 25.7 Å². The quantitative estimate of drug-likeness (QED) is 0.732. The average molecular weight is 279 g/mol. The first-order chi connectivity index (χ1) is 9.65. The molecule has 1 aromatic rings. The van der Waals surface area contributed by atoms with E-state index in [0.29, 0.717) is 5.92 Å². The van der Waals surface area contributed by atoms with Gasteiger partial charge in [0.1, 0.15) is 0 Å². The largest absolute Gasteiger partial charge is 0.493 e. The Balaban J connectivity index is 2.73. The fraction of sp³-hybridized carbons (Fsp3) is 0.647. The molecule has 0 saturated heterocycles. The highest BCUT2D eigenvalue weighted by Gasteiger charge is 2.15. The van der Waals surface area contributed by atoms with Gasteiger partial charge in [-0.15, -0.1) is 0 Å². The van der Waals surface area contributed by atoms with E-state index in [9.17, 15) is 0 Å². The molecule has 20 heavy (non-hydrogen) atoms. The molecule has 3 heteroatoms. The molecular weight excluding hydrogens is 250 g/mol. The van der Waals surface area contributed by atoms with Gasteiger partial charge in [-0.05, 0) is 30.0 Å². The zero-order chi connectivity index (χ0) is 15.0. The lowest BCUT2D eigenvalue weighted by Crippen LogP contribution is -2.15. The summed E-state index contributed by atoms with van der Waals surface area (Å²) in [5.41, 5.74) is 7.48. The Bertz CT molecular complexity index is 393. The van der Waals surface area contributed by atoms with Crippen molar-refractivity contribution in [3.8, 4) is 11.5 Å². The van der Waals surface area contributed by atoms with Crippen LogP contribution in [0.25, 0.3) is 0 Å². The second-order valence-corrected chi connectivity index (χ2v) is 5.37. The molecule has 0 spiro atoms. The highest BCUT2D eigenvalue weighted by Crippen LogP contribution is 2.32. The van der Waals surface area contributed by atoms with Gasteiger partial charge in [-0.3, -0.25) is 0 Å². The Labute approximate surface area is 123 Å². The van der Waals surface area contributed by atoms with Gasteiger partial charge < -0.3 is 15.2 Å². The van der Waals surface area contributed by atoms with E-state index in [2.05, 4.69) is 13.8 Å². The molecule has 2 atom stereocenters. The van der Waals surface area contributed by atoms with E-state index in [-0.39, 0.29) is 6.04 Å². The second kappa shape index (κ2) is 8.85. The molecule has 0 aliphatic heterocycles. The Morgan fingerprint density at radius 1 is 1.10 bits per heavy atom. The second-order valence-electron chi connectivity index (χ2n) is 5.37. The summed E-state index contributed by atoms with van der Waals surface area (Å²) in [6.45, 7) is 4.49. The molecule has 114 valence electrons. The van der Waals surface area contributed by atoms with Gasteiger partial charge in [0.15, 0.2) is 11.5 Å². The third-order valence-electron chi connectivity index (χ3n) is 3.97. The summed E-state index contributed by atoms with van der Waals surface area (Å²) in [5, 5.41) is 0. The van der Waals surface area contributed by atoms with Crippen LogP contribution in [-0.2, 0) is 0 Å². The molecular formula is C17H29NO2. The van der Waals surface area contributed by atoms with Crippen LogP contribution in [0.5, 0.6) is 11.5 Å². The maximum Gasteiger partial charge on any atom is 0.161 e. The lowest BCUT2D eigenvalue weighted by Gasteiger charge is -2.20. The first kappa shape index (κ1) is 16.8. The number of nitrogens with two attached hydrogens (primary N) is 1. The van der Waals surface area contributed by atoms with Crippen molar-refractivity contribution in [2.24, 2.45) is 11.7 Å². The maximum absolute atomic E-state index is 6.36. The number of hydrogen-bond donors (Lipinski definition) is 1. The lowest BCUT2D eigenvalue weighted by molar-refractivity contribution is 0.352. The fourth-order valence-electron chi connectivity index (χ4n) is 2.56. The van der Waals surface area contributed by atoms with Crippen molar-refractivity contribution in [3.05, 3.63) is 23.8 Å². The van der Waals surface area contributed by atoms with Crippen molar-refractivity contribution in [2.45, 2.75) is 52.0 Å². The zero-order valence-electron chi connectivity index (χ0n) is 13.3. The predicted octanol–water partition coefficient (Wildman–Crippen LogP) is 4.31. The molecule has 0 saturated carbocycles. The first-order valence-electron chi connectivity index (χ1n) is 7.63. The smallest absolute Gasteiger partial charge is 0.161 e. The van der Waals surface area contributed by atoms with Gasteiger partial charge in [0.25, 0.3) is 0 Å². The predicted molar refractivity (Wildman–Crippen MR) is 84.4 cm³/mol. The van der Waals surface area contributed by atoms with E-state index in [1.54, 1.807) is 14.2 Å². The van der Waals surface area contributed by atoms with Crippen molar-refractivity contribution in [2.75, 3.05) is 14.2 Å². The Kier molecular flexibility index (Phi) is 7.45. The number of ether oxygens (including phenoxy) is 2. The summed E-state index contributed by atoms with van der Waals surface area (Å²) < 4.78 is 10.6. The van der Waals surface area contributed by atoms with Crippen LogP contribution in [0.2, 0.25) is 0 Å². The number of benzene rings is 1. The van der Waals surface area contributed by atoms with Gasteiger partial charge in [-0.1, -0.05) is 45.6 Å². The minimum absolute atomic E-state index is 0.0663. The summed E-state index contributed by atoms with van der Waals surface area (Å²) in [7, 11) is 3.30. The SMILES string of the molecule is CCCCC(CC)CC(N)c1ccc(OC)c(OC)c1. The van der Waals surface area contributed by atoms with E-state index in [0.717, 1.165) is 23.5 Å². The molecule has 0 bridgehead atoms. The van der Waals surface area contributed by atoms with Crippen LogP contribution in [0, 0.1) is 5.92 Å². The van der Waals surface area contributed by atoms with Crippen LogP contribution in [0.1, 0.15) is 57.6 Å². The van der Waals surface area contributed by atoms with Crippen LogP contribution in [0.4, 0.5) is 0 Å². The number of rotatable bonds is 9. The van der Waals surface area contributed by atoms with E-state index >= 15 is 0 Å². The molecule has 2 unspecified atom stereocenters. The summed E-state index contributed by atoms with van der Waals surface area (Å²) in [5.74, 6) is 2.21. The summed E-state index contributed by atoms with van der Waals surface area (Å²) >= 11 is 0. The van der Waals surface area contributed by atoms with E-state index < -0.39 is 0 Å². The molecule has 3 nitrogen and oxygen atoms in total. The van der Waals surface area contributed by atoms with Crippen LogP contribution in [-0.4, -0.2) is 14.2 Å². The Morgan fingerprint density at radius 2 is 1.80 bits per heavy atom. The zero-order valence-corrected chi connectivity index (χ0v) is 13.3. The number of unbranched alkanes of at least 4 members (excludes halogenated alkanes) is 1. The maximum atomic E-state index is 6.36. The van der Waals surface area contributed by atoms with Gasteiger partial charge in [0.05, 0.1) is 14.2 Å². The molecule has 0 aromatic heterocycles. The van der Waals surface area contributed by atoms with Crippen molar-refractivity contribution >= 4 is 0 Å². The average Bonchev–Trinajstić information content (AvgIpc) is 2.50. The summed E-state index contributed by atoms with van der Waals surface area (Å²) in [4.78, 5) is 0. The molecule has 0 amide bonds. The molecule has 0 fully saturated rings. The Hall–Kier alpha value is -1.22. The summed E-state index contributed by atoms with van der Waals surface area (Å²) in [6.07, 6.45) is 6.04.